The van der Waals surface area contributed by atoms with Crippen LogP contribution in [0.4, 0.5) is 0 Å². The van der Waals surface area contributed by atoms with Gasteiger partial charge in [-0.15, -0.1) is 0 Å². The third kappa shape index (κ3) is 2.25. The van der Waals surface area contributed by atoms with E-state index in [9.17, 15) is 14.4 Å². The quantitative estimate of drug-likeness (QED) is 0.589. The zero-order chi connectivity index (χ0) is 16.9. The van der Waals surface area contributed by atoms with Crippen LogP contribution < -0.4 is 0 Å². The molecule has 3 aliphatic rings. The minimum Gasteiger partial charge on any atom is -0.498 e. The summed E-state index contributed by atoms with van der Waals surface area (Å²) < 4.78 is 11.1. The second-order valence-electron chi connectivity index (χ2n) is 6.92. The Balaban J connectivity index is 2.07. The summed E-state index contributed by atoms with van der Waals surface area (Å²) in [5, 5.41) is 0. The van der Waals surface area contributed by atoms with Crippen molar-refractivity contribution in [2.75, 3.05) is 6.61 Å². The van der Waals surface area contributed by atoms with Crippen molar-refractivity contribution in [2.45, 2.75) is 39.7 Å². The van der Waals surface area contributed by atoms with Crippen LogP contribution in [0.15, 0.2) is 23.5 Å². The topological polar surface area (TPSA) is 69.7 Å². The maximum absolute atomic E-state index is 12.7. The number of allylic oxidation sites excluding steroid dienone is 2. The molecule has 5 unspecified atom stereocenters. The molecule has 2 aliphatic heterocycles. The van der Waals surface area contributed by atoms with Gasteiger partial charge in [-0.05, 0) is 38.0 Å². The fraction of sp³-hybridized carbons (Fsp3) is 0.611. The van der Waals surface area contributed by atoms with Gasteiger partial charge in [0.15, 0.2) is 11.4 Å². The number of carbonyl (C=O) groups excluding carboxylic acids is 3. The van der Waals surface area contributed by atoms with Gasteiger partial charge >= 0.3 is 5.97 Å². The molecular formula is C18H22O5. The van der Waals surface area contributed by atoms with Gasteiger partial charge < -0.3 is 9.47 Å². The second-order valence-corrected chi connectivity index (χ2v) is 6.92. The third-order valence-corrected chi connectivity index (χ3v) is 5.48. The molecule has 2 heterocycles. The molecule has 124 valence electrons. The first-order valence-electron chi connectivity index (χ1n) is 8.13. The molecule has 0 saturated carbocycles. The Labute approximate surface area is 135 Å². The number of carbonyl (C=O) groups is 3. The molecule has 3 rings (SSSR count). The minimum atomic E-state index is -1.26. The van der Waals surface area contributed by atoms with Crippen LogP contribution >= 0.6 is 0 Å². The van der Waals surface area contributed by atoms with Crippen molar-refractivity contribution in [3.8, 4) is 0 Å². The third-order valence-electron chi connectivity index (χ3n) is 5.48. The lowest BCUT2D eigenvalue weighted by Gasteiger charge is -2.40. The standard InChI is InChI=1S/C18H22O5/c1-5-9(2)16(20)14-15-12-8-22-10(3)6-11(12)7-13(19)18(15,4)23-17(14)21/h6-7,9,12,14-15H,5,8H2,1-4H3. The molecule has 5 nitrogen and oxygen atoms in total. The molecule has 0 radical (unpaired) electrons. The summed E-state index contributed by atoms with van der Waals surface area (Å²) in [6, 6.07) is 0. The number of Topliss-reactive ketones (excluding diaryl/α,β-unsaturated/α-hetero) is 1. The number of esters is 1. The van der Waals surface area contributed by atoms with E-state index in [-0.39, 0.29) is 23.4 Å². The van der Waals surface area contributed by atoms with Gasteiger partial charge in [-0.2, -0.15) is 0 Å². The van der Waals surface area contributed by atoms with E-state index in [4.69, 9.17) is 9.47 Å². The monoisotopic (exact) mass is 318 g/mol. The molecule has 1 saturated heterocycles. The van der Waals surface area contributed by atoms with Gasteiger partial charge in [0, 0.05) is 17.8 Å². The van der Waals surface area contributed by atoms with Gasteiger partial charge in [-0.25, -0.2) is 0 Å². The van der Waals surface area contributed by atoms with E-state index in [2.05, 4.69) is 0 Å². The molecule has 5 atom stereocenters. The highest BCUT2D eigenvalue weighted by Crippen LogP contribution is 2.50. The van der Waals surface area contributed by atoms with Crippen LogP contribution in [-0.2, 0) is 23.9 Å². The van der Waals surface area contributed by atoms with Gasteiger partial charge in [-0.3, -0.25) is 14.4 Å². The van der Waals surface area contributed by atoms with Gasteiger partial charge in [0.2, 0.25) is 0 Å². The maximum atomic E-state index is 12.7. The summed E-state index contributed by atoms with van der Waals surface area (Å²) in [6.07, 6.45) is 4.01. The number of ketones is 2. The summed E-state index contributed by atoms with van der Waals surface area (Å²) in [6.45, 7) is 7.54. The van der Waals surface area contributed by atoms with Gasteiger partial charge in [0.1, 0.15) is 11.7 Å². The molecule has 1 fully saturated rings. The van der Waals surface area contributed by atoms with Crippen LogP contribution in [0.3, 0.4) is 0 Å². The molecule has 0 aromatic carbocycles. The van der Waals surface area contributed by atoms with Crippen LogP contribution in [0.5, 0.6) is 0 Å². The lowest BCUT2D eigenvalue weighted by molar-refractivity contribution is -0.157. The van der Waals surface area contributed by atoms with Crippen LogP contribution in [0.1, 0.15) is 34.1 Å². The first-order chi connectivity index (χ1) is 10.8. The minimum absolute atomic E-state index is 0.133. The summed E-state index contributed by atoms with van der Waals surface area (Å²) in [4.78, 5) is 37.7. The molecule has 0 aromatic heterocycles. The highest BCUT2D eigenvalue weighted by molar-refractivity contribution is 6.08. The highest BCUT2D eigenvalue weighted by Gasteiger charge is 2.64. The van der Waals surface area contributed by atoms with E-state index >= 15 is 0 Å². The van der Waals surface area contributed by atoms with E-state index in [1.807, 2.05) is 26.8 Å². The first kappa shape index (κ1) is 16.0. The van der Waals surface area contributed by atoms with Crippen molar-refractivity contribution in [1.82, 2.24) is 0 Å². The summed E-state index contributed by atoms with van der Waals surface area (Å²) in [5.41, 5.74) is -0.428. The molecule has 0 bridgehead atoms. The Kier molecular flexibility index (Phi) is 3.69. The van der Waals surface area contributed by atoms with Crippen molar-refractivity contribution in [2.24, 2.45) is 23.7 Å². The SMILES string of the molecule is CCC(C)C(=O)C1C(=O)OC2(C)C(=O)C=C3C=C(C)OCC3C12. The average Bonchev–Trinajstić information content (AvgIpc) is 2.78. The molecular weight excluding hydrogens is 296 g/mol. The van der Waals surface area contributed by atoms with Gasteiger partial charge in [-0.1, -0.05) is 13.8 Å². The van der Waals surface area contributed by atoms with Crippen molar-refractivity contribution in [3.05, 3.63) is 23.5 Å². The number of hydrogen-bond acceptors (Lipinski definition) is 5. The van der Waals surface area contributed by atoms with Crippen LogP contribution in [0.2, 0.25) is 0 Å². The molecule has 5 heteroatoms. The molecule has 0 aromatic rings. The molecule has 0 amide bonds. The second kappa shape index (κ2) is 5.32. The lowest BCUT2D eigenvalue weighted by atomic mass is 9.63. The predicted octanol–water partition coefficient (Wildman–Crippen LogP) is 2.21. The number of hydrogen-bond donors (Lipinski definition) is 0. The smallest absolute Gasteiger partial charge is 0.317 e. The Morgan fingerprint density at radius 2 is 2.09 bits per heavy atom. The number of fused-ring (bicyclic) bond motifs is 3. The van der Waals surface area contributed by atoms with Crippen LogP contribution in [0.25, 0.3) is 0 Å². The Bertz CT molecular complexity index is 644. The Hall–Kier alpha value is -1.91. The van der Waals surface area contributed by atoms with E-state index in [1.165, 1.54) is 6.08 Å². The molecule has 1 aliphatic carbocycles. The van der Waals surface area contributed by atoms with Crippen LogP contribution in [0, 0.1) is 23.7 Å². The summed E-state index contributed by atoms with van der Waals surface area (Å²) in [5.74, 6) is -2.00. The molecule has 0 spiro atoms. The van der Waals surface area contributed by atoms with Crippen molar-refractivity contribution in [1.29, 1.82) is 0 Å². The van der Waals surface area contributed by atoms with Crippen molar-refractivity contribution >= 4 is 17.5 Å². The van der Waals surface area contributed by atoms with Gasteiger partial charge in [0.25, 0.3) is 0 Å². The van der Waals surface area contributed by atoms with E-state index in [0.717, 1.165) is 11.3 Å². The van der Waals surface area contributed by atoms with Gasteiger partial charge in [0.05, 0.1) is 12.4 Å². The number of rotatable bonds is 3. The fourth-order valence-electron chi connectivity index (χ4n) is 3.89. The van der Waals surface area contributed by atoms with E-state index < -0.39 is 23.4 Å². The first-order valence-corrected chi connectivity index (χ1v) is 8.13. The summed E-state index contributed by atoms with van der Waals surface area (Å²) >= 11 is 0. The highest BCUT2D eigenvalue weighted by atomic mass is 16.6. The lowest BCUT2D eigenvalue weighted by Crippen LogP contribution is -2.51. The normalized spacial score (nSPS) is 37.0. The maximum Gasteiger partial charge on any atom is 0.317 e. The zero-order valence-electron chi connectivity index (χ0n) is 13.9. The zero-order valence-corrected chi connectivity index (χ0v) is 13.9. The fourth-order valence-corrected chi connectivity index (χ4v) is 3.89. The summed E-state index contributed by atoms with van der Waals surface area (Å²) in [7, 11) is 0. The van der Waals surface area contributed by atoms with E-state index in [0.29, 0.717) is 13.0 Å². The van der Waals surface area contributed by atoms with E-state index in [1.54, 1.807) is 6.92 Å². The van der Waals surface area contributed by atoms with Crippen LogP contribution in [-0.4, -0.2) is 29.7 Å². The predicted molar refractivity (Wildman–Crippen MR) is 82.2 cm³/mol. The van der Waals surface area contributed by atoms with Crippen molar-refractivity contribution < 1.29 is 23.9 Å². The number of ether oxygens (including phenoxy) is 2. The average molecular weight is 318 g/mol. The Morgan fingerprint density at radius 1 is 1.39 bits per heavy atom. The molecule has 0 N–H and O–H groups in total. The largest absolute Gasteiger partial charge is 0.498 e. The Morgan fingerprint density at radius 3 is 2.74 bits per heavy atom. The van der Waals surface area contributed by atoms with Crippen molar-refractivity contribution in [3.63, 3.8) is 0 Å². The molecule has 23 heavy (non-hydrogen) atoms.